The standard InChI is InChI=1S/C24H33BrO2S/c1-5-28(6-2,7-3)22-17-18(4)16-20(19-12-8-9-13-21(19)25)24(22)27-23-14-10-11-15-26-23/h8-9,12-13,16-17,23H,5-7,10-11,14-15H2,1-4H3. The maximum absolute atomic E-state index is 6.67. The number of benzene rings is 2. The van der Waals surface area contributed by atoms with E-state index >= 15 is 0 Å². The van der Waals surface area contributed by atoms with Crippen LogP contribution in [0.25, 0.3) is 11.1 Å². The van der Waals surface area contributed by atoms with Crippen LogP contribution >= 0.6 is 26.0 Å². The molecule has 3 rings (SSSR count). The minimum absolute atomic E-state index is 0.140. The van der Waals surface area contributed by atoms with E-state index in [1.54, 1.807) is 0 Å². The van der Waals surface area contributed by atoms with Gasteiger partial charge < -0.3 is 9.47 Å². The van der Waals surface area contributed by atoms with Crippen molar-refractivity contribution in [3.05, 3.63) is 46.4 Å². The minimum atomic E-state index is -0.932. The van der Waals surface area contributed by atoms with E-state index in [0.717, 1.165) is 29.7 Å². The summed E-state index contributed by atoms with van der Waals surface area (Å²) in [5.74, 6) is 4.59. The van der Waals surface area contributed by atoms with Crippen LogP contribution in [0.1, 0.15) is 45.6 Å². The molecular formula is C24H33BrO2S. The van der Waals surface area contributed by atoms with Crippen molar-refractivity contribution < 1.29 is 9.47 Å². The van der Waals surface area contributed by atoms with Crippen LogP contribution in [-0.2, 0) is 4.74 Å². The van der Waals surface area contributed by atoms with E-state index < -0.39 is 10.0 Å². The number of ether oxygens (including phenoxy) is 2. The van der Waals surface area contributed by atoms with Gasteiger partial charge >= 0.3 is 0 Å². The van der Waals surface area contributed by atoms with Crippen molar-refractivity contribution in [3.8, 4) is 16.9 Å². The molecule has 1 unspecified atom stereocenters. The first-order valence-electron chi connectivity index (χ1n) is 10.5. The van der Waals surface area contributed by atoms with Gasteiger partial charge in [0.2, 0.25) is 0 Å². The fraction of sp³-hybridized carbons (Fsp3) is 0.500. The first-order chi connectivity index (χ1) is 13.5. The van der Waals surface area contributed by atoms with Gasteiger partial charge in [0.05, 0.1) is 6.61 Å². The molecule has 28 heavy (non-hydrogen) atoms. The van der Waals surface area contributed by atoms with Crippen LogP contribution < -0.4 is 4.74 Å². The molecule has 2 aromatic rings. The second-order valence-electron chi connectivity index (χ2n) is 7.44. The topological polar surface area (TPSA) is 18.5 Å². The molecule has 0 radical (unpaired) electrons. The fourth-order valence-corrected chi connectivity index (χ4v) is 7.72. The van der Waals surface area contributed by atoms with Gasteiger partial charge in [0.25, 0.3) is 0 Å². The molecule has 1 saturated heterocycles. The monoisotopic (exact) mass is 464 g/mol. The molecular weight excluding hydrogens is 432 g/mol. The first kappa shape index (κ1) is 21.7. The highest BCUT2D eigenvalue weighted by Crippen LogP contribution is 2.60. The molecule has 2 aromatic carbocycles. The lowest BCUT2D eigenvalue weighted by molar-refractivity contribution is -0.106. The van der Waals surface area contributed by atoms with E-state index in [2.05, 4.69) is 80.0 Å². The Morgan fingerprint density at radius 3 is 2.36 bits per heavy atom. The van der Waals surface area contributed by atoms with E-state index in [-0.39, 0.29) is 6.29 Å². The lowest BCUT2D eigenvalue weighted by Crippen LogP contribution is -2.26. The van der Waals surface area contributed by atoms with Crippen molar-refractivity contribution in [2.24, 2.45) is 0 Å². The Morgan fingerprint density at radius 1 is 1.04 bits per heavy atom. The summed E-state index contributed by atoms with van der Waals surface area (Å²) in [6.45, 7) is 10.0. The van der Waals surface area contributed by atoms with E-state index in [4.69, 9.17) is 9.47 Å². The van der Waals surface area contributed by atoms with Gasteiger partial charge in [-0.2, -0.15) is 0 Å². The van der Waals surface area contributed by atoms with Crippen molar-refractivity contribution >= 4 is 26.0 Å². The lowest BCUT2D eigenvalue weighted by atomic mass is 10.0. The molecule has 0 spiro atoms. The zero-order valence-corrected chi connectivity index (χ0v) is 20.0. The van der Waals surface area contributed by atoms with Gasteiger partial charge in [0.1, 0.15) is 5.75 Å². The molecule has 0 amide bonds. The summed E-state index contributed by atoms with van der Waals surface area (Å²) in [6.07, 6.45) is 3.13. The third-order valence-corrected chi connectivity index (χ3v) is 11.1. The summed E-state index contributed by atoms with van der Waals surface area (Å²) >= 11 is 3.76. The highest BCUT2D eigenvalue weighted by Gasteiger charge is 2.29. The average molecular weight is 465 g/mol. The van der Waals surface area contributed by atoms with E-state index in [1.807, 2.05) is 0 Å². The van der Waals surface area contributed by atoms with Gasteiger partial charge in [-0.3, -0.25) is 0 Å². The van der Waals surface area contributed by atoms with Crippen LogP contribution in [0.5, 0.6) is 5.75 Å². The summed E-state index contributed by atoms with van der Waals surface area (Å²) in [5, 5.41) is 0. The van der Waals surface area contributed by atoms with Crippen LogP contribution in [0.15, 0.2) is 45.8 Å². The minimum Gasteiger partial charge on any atom is -0.463 e. The molecule has 1 aliphatic rings. The van der Waals surface area contributed by atoms with Gasteiger partial charge in [-0.05, 0) is 66.3 Å². The molecule has 1 heterocycles. The molecule has 154 valence electrons. The quantitative estimate of drug-likeness (QED) is 0.420. The first-order valence-corrected chi connectivity index (χ1v) is 13.4. The largest absolute Gasteiger partial charge is 0.463 e. The molecule has 1 atom stereocenters. The van der Waals surface area contributed by atoms with Crippen LogP contribution in [0.2, 0.25) is 0 Å². The molecule has 0 saturated carbocycles. The van der Waals surface area contributed by atoms with Crippen molar-refractivity contribution in [1.82, 2.24) is 0 Å². The van der Waals surface area contributed by atoms with Gasteiger partial charge in [0, 0.05) is 21.4 Å². The molecule has 4 heteroatoms. The molecule has 0 bridgehead atoms. The zero-order chi connectivity index (χ0) is 20.1. The average Bonchev–Trinajstić information content (AvgIpc) is 2.72. The van der Waals surface area contributed by atoms with Gasteiger partial charge in [-0.25, -0.2) is 10.0 Å². The Labute approximate surface area is 180 Å². The SMILES string of the molecule is CCS(CC)(CC)c1cc(C)cc(-c2ccccc2Br)c1OC1CCCCO1. The smallest absolute Gasteiger partial charge is 0.199 e. The maximum atomic E-state index is 6.67. The second kappa shape index (κ2) is 9.69. The predicted molar refractivity (Wildman–Crippen MR) is 126 cm³/mol. The van der Waals surface area contributed by atoms with Crippen LogP contribution in [0, 0.1) is 6.92 Å². The molecule has 0 N–H and O–H groups in total. The molecule has 0 aromatic heterocycles. The number of hydrogen-bond acceptors (Lipinski definition) is 2. The second-order valence-corrected chi connectivity index (χ2v) is 12.6. The van der Waals surface area contributed by atoms with Crippen molar-refractivity contribution in [2.45, 2.75) is 58.1 Å². The van der Waals surface area contributed by atoms with Crippen molar-refractivity contribution in [3.63, 3.8) is 0 Å². The Hall–Kier alpha value is -0.970. The van der Waals surface area contributed by atoms with Crippen LogP contribution in [-0.4, -0.2) is 30.2 Å². The van der Waals surface area contributed by atoms with Crippen molar-refractivity contribution in [2.75, 3.05) is 23.9 Å². The summed E-state index contributed by atoms with van der Waals surface area (Å²) in [7, 11) is -0.932. The number of rotatable bonds is 7. The normalized spacial score (nSPS) is 18.1. The lowest BCUT2D eigenvalue weighted by Gasteiger charge is -2.40. The highest BCUT2D eigenvalue weighted by molar-refractivity contribution is 9.10. The van der Waals surface area contributed by atoms with E-state index in [0.29, 0.717) is 0 Å². The third-order valence-electron chi connectivity index (χ3n) is 5.87. The Balaban J connectivity index is 2.21. The van der Waals surface area contributed by atoms with Crippen LogP contribution in [0.4, 0.5) is 0 Å². The molecule has 1 aliphatic heterocycles. The number of aryl methyl sites for hydroxylation is 1. The van der Waals surface area contributed by atoms with Crippen molar-refractivity contribution in [1.29, 1.82) is 0 Å². The summed E-state index contributed by atoms with van der Waals surface area (Å²) < 4.78 is 13.8. The summed E-state index contributed by atoms with van der Waals surface area (Å²) in [5.41, 5.74) is 3.67. The maximum Gasteiger partial charge on any atom is 0.199 e. The molecule has 1 fully saturated rings. The van der Waals surface area contributed by atoms with Gasteiger partial charge in [0.15, 0.2) is 6.29 Å². The van der Waals surface area contributed by atoms with Crippen LogP contribution in [0.3, 0.4) is 0 Å². The summed E-state index contributed by atoms with van der Waals surface area (Å²) in [6, 6.07) is 13.1. The Kier molecular flexibility index (Phi) is 7.52. The van der Waals surface area contributed by atoms with E-state index in [9.17, 15) is 0 Å². The predicted octanol–water partition coefficient (Wildman–Crippen LogP) is 7.55. The number of hydrogen-bond donors (Lipinski definition) is 0. The van der Waals surface area contributed by atoms with Gasteiger partial charge in [-0.1, -0.05) is 54.9 Å². The fourth-order valence-electron chi connectivity index (χ4n) is 4.08. The molecule has 2 nitrogen and oxygen atoms in total. The zero-order valence-electron chi connectivity index (χ0n) is 17.6. The third kappa shape index (κ3) is 4.44. The summed E-state index contributed by atoms with van der Waals surface area (Å²) in [4.78, 5) is 1.42. The highest BCUT2D eigenvalue weighted by atomic mass is 79.9. The Bertz CT molecular complexity index is 787. The van der Waals surface area contributed by atoms with E-state index in [1.165, 1.54) is 45.3 Å². The Morgan fingerprint density at radius 2 is 1.75 bits per heavy atom. The van der Waals surface area contributed by atoms with Gasteiger partial charge in [-0.15, -0.1) is 0 Å². The number of halogens is 1. The molecule has 0 aliphatic carbocycles.